The molecule has 0 amide bonds. The summed E-state index contributed by atoms with van der Waals surface area (Å²) in [6.07, 6.45) is 5.90. The van der Waals surface area contributed by atoms with Crippen molar-refractivity contribution in [3.8, 4) is 5.82 Å². The van der Waals surface area contributed by atoms with E-state index in [9.17, 15) is 0 Å². The third-order valence-electron chi connectivity index (χ3n) is 9.33. The molecule has 0 saturated heterocycles. The maximum absolute atomic E-state index is 6.77. The van der Waals surface area contributed by atoms with Crippen LogP contribution in [0.3, 0.4) is 0 Å². The van der Waals surface area contributed by atoms with E-state index >= 15 is 0 Å². The van der Waals surface area contributed by atoms with Gasteiger partial charge in [-0.3, -0.25) is 0 Å². The van der Waals surface area contributed by atoms with Gasteiger partial charge in [0.15, 0.2) is 5.58 Å². The van der Waals surface area contributed by atoms with Crippen molar-refractivity contribution >= 4 is 77.3 Å². The molecule has 3 aromatic heterocycles. The number of fused-ring (bicyclic) bond motifs is 8. The van der Waals surface area contributed by atoms with Crippen molar-refractivity contribution in [2.45, 2.75) is 0 Å². The van der Waals surface area contributed by atoms with E-state index in [4.69, 9.17) is 9.40 Å². The van der Waals surface area contributed by atoms with Crippen molar-refractivity contribution in [1.82, 2.24) is 14.5 Å². The molecule has 10 rings (SSSR count). The first-order chi connectivity index (χ1) is 24.2. The molecule has 0 spiro atoms. The standard InChI is InChI=1S/C43H28N5O.Pt/c1-45-23-24-46(28-45)30-12-10-13-31(26-30)47(39-25-29-11-2-3-14-33(29)42-36-16-5-7-18-40(36)49-43(39)42)32-20-21-35-34-15-4-6-17-37(34)48(38(35)27-32)41-19-8-9-22-44-41;/h2-25,28H,1H3;/q-3;. The van der Waals surface area contributed by atoms with Crippen molar-refractivity contribution in [1.29, 1.82) is 0 Å². The zero-order valence-corrected chi connectivity index (χ0v) is 29.2. The predicted octanol–water partition coefficient (Wildman–Crippen LogP) is 10.6. The molecule has 0 N–H and O–H groups in total. The fraction of sp³-hybridized carbons (Fsp3) is 0.0233. The molecular weight excluding hydrogens is 798 g/mol. The second-order valence-electron chi connectivity index (χ2n) is 12.3. The van der Waals surface area contributed by atoms with Crippen LogP contribution in [0.15, 0.2) is 150 Å². The molecular formula is C43H28N5OPt-3. The molecule has 4 heterocycles. The van der Waals surface area contributed by atoms with E-state index in [0.29, 0.717) is 0 Å². The Morgan fingerprint density at radius 2 is 1.48 bits per heavy atom. The number of hydrogen-bond donors (Lipinski definition) is 0. The van der Waals surface area contributed by atoms with Crippen LogP contribution in [0.2, 0.25) is 0 Å². The fourth-order valence-corrected chi connectivity index (χ4v) is 7.17. The molecule has 50 heavy (non-hydrogen) atoms. The summed E-state index contributed by atoms with van der Waals surface area (Å²) in [7, 11) is 2.02. The number of nitrogens with zero attached hydrogens (tertiary/aromatic N) is 5. The summed E-state index contributed by atoms with van der Waals surface area (Å²) in [6.45, 7) is 2.04. The van der Waals surface area contributed by atoms with Crippen molar-refractivity contribution < 1.29 is 25.5 Å². The molecule has 1 aliphatic rings. The van der Waals surface area contributed by atoms with Gasteiger partial charge in [-0.15, -0.1) is 41.4 Å². The number of benzene rings is 6. The van der Waals surface area contributed by atoms with Gasteiger partial charge in [-0.05, 0) is 65.9 Å². The third kappa shape index (κ3) is 4.71. The number of hydrogen-bond acceptors (Lipinski definition) is 5. The molecule has 0 unspecified atom stereocenters. The minimum atomic E-state index is 0. The van der Waals surface area contributed by atoms with Gasteiger partial charge in [-0.25, -0.2) is 4.98 Å². The van der Waals surface area contributed by atoms with Gasteiger partial charge in [0.05, 0.1) is 5.69 Å². The van der Waals surface area contributed by atoms with E-state index in [2.05, 4.69) is 124 Å². The zero-order valence-electron chi connectivity index (χ0n) is 26.9. The molecule has 9 aromatic rings. The third-order valence-corrected chi connectivity index (χ3v) is 9.33. The summed E-state index contributed by atoms with van der Waals surface area (Å²) >= 11 is 0. The first-order valence-corrected chi connectivity index (χ1v) is 16.3. The summed E-state index contributed by atoms with van der Waals surface area (Å²) in [5.74, 6) is 0.841. The number of furan rings is 1. The first kappa shape index (κ1) is 30.2. The van der Waals surface area contributed by atoms with E-state index in [1.165, 1.54) is 0 Å². The SMILES string of the molecule is CN1C=CN(c2[c-]c(N(c3[c-]c4c(cc3)c3ccccc3n4-c3ccccn3)c3cc4ccccc4c4c3oc3ccccc34)ccc2)[CH-]1.[Pt]. The Hall–Kier alpha value is -5.84. The van der Waals surface area contributed by atoms with Crippen LogP contribution >= 0.6 is 0 Å². The Morgan fingerprint density at radius 3 is 2.32 bits per heavy atom. The number of para-hydroxylation sites is 2. The summed E-state index contributed by atoms with van der Waals surface area (Å²) in [6, 6.07) is 51.7. The molecule has 0 atom stereocenters. The molecule has 6 nitrogen and oxygen atoms in total. The second kappa shape index (κ2) is 11.9. The predicted molar refractivity (Wildman–Crippen MR) is 199 cm³/mol. The van der Waals surface area contributed by atoms with Crippen LogP contribution in [0.25, 0.3) is 60.3 Å². The molecule has 0 aliphatic carbocycles. The van der Waals surface area contributed by atoms with Gasteiger partial charge in [0.1, 0.15) is 11.4 Å². The van der Waals surface area contributed by atoms with Crippen LogP contribution in [-0.4, -0.2) is 21.5 Å². The monoisotopic (exact) mass is 825 g/mol. The van der Waals surface area contributed by atoms with Crippen molar-refractivity contribution in [3.63, 3.8) is 0 Å². The van der Waals surface area contributed by atoms with Crippen LogP contribution in [-0.2, 0) is 21.1 Å². The Balaban J connectivity index is 0.00000336. The normalized spacial score (nSPS) is 12.9. The molecule has 0 saturated carbocycles. The number of rotatable bonds is 5. The van der Waals surface area contributed by atoms with Gasteiger partial charge in [0.25, 0.3) is 0 Å². The van der Waals surface area contributed by atoms with Gasteiger partial charge in [-0.1, -0.05) is 83.6 Å². The maximum Gasteiger partial charge on any atom is 0.159 e. The summed E-state index contributed by atoms with van der Waals surface area (Å²) in [5.41, 5.74) is 7.24. The quantitative estimate of drug-likeness (QED) is 0.162. The molecule has 0 radical (unpaired) electrons. The van der Waals surface area contributed by atoms with E-state index < -0.39 is 0 Å². The van der Waals surface area contributed by atoms with Crippen molar-refractivity contribution in [3.05, 3.63) is 165 Å². The van der Waals surface area contributed by atoms with Crippen LogP contribution in [0.5, 0.6) is 0 Å². The Kier molecular flexibility index (Phi) is 7.22. The summed E-state index contributed by atoms with van der Waals surface area (Å²) < 4.78 is 8.97. The van der Waals surface area contributed by atoms with Crippen LogP contribution in [0, 0.1) is 18.8 Å². The van der Waals surface area contributed by atoms with Gasteiger partial charge in [0.2, 0.25) is 0 Å². The minimum Gasteiger partial charge on any atom is -0.510 e. The van der Waals surface area contributed by atoms with Gasteiger partial charge < -0.3 is 23.7 Å². The number of pyridine rings is 1. The van der Waals surface area contributed by atoms with E-state index in [1.54, 1.807) is 0 Å². The first-order valence-electron chi connectivity index (χ1n) is 16.3. The Labute approximate surface area is 303 Å². The van der Waals surface area contributed by atoms with Crippen LogP contribution < -0.4 is 9.80 Å². The fourth-order valence-electron chi connectivity index (χ4n) is 7.17. The molecule has 0 fully saturated rings. The molecule has 1 aliphatic heterocycles. The minimum absolute atomic E-state index is 0. The topological polar surface area (TPSA) is 40.7 Å². The maximum atomic E-state index is 6.77. The average molecular weight is 826 g/mol. The van der Waals surface area contributed by atoms with Gasteiger partial charge >= 0.3 is 0 Å². The van der Waals surface area contributed by atoms with E-state index in [1.807, 2.05) is 67.5 Å². The molecule has 6 aromatic carbocycles. The summed E-state index contributed by atoms with van der Waals surface area (Å²) in [5, 5.41) is 6.71. The second-order valence-corrected chi connectivity index (χ2v) is 12.3. The zero-order chi connectivity index (χ0) is 32.5. The molecule has 0 bridgehead atoms. The summed E-state index contributed by atoms with van der Waals surface area (Å²) in [4.78, 5) is 11.1. The number of aromatic nitrogens is 2. The Bertz CT molecular complexity index is 2750. The number of anilines is 4. The van der Waals surface area contributed by atoms with Gasteiger partial charge in [-0.2, -0.15) is 18.8 Å². The van der Waals surface area contributed by atoms with Crippen LogP contribution in [0.4, 0.5) is 22.7 Å². The average Bonchev–Trinajstić information content (AvgIpc) is 3.86. The molecule has 244 valence electrons. The van der Waals surface area contributed by atoms with Gasteiger partial charge in [0, 0.05) is 43.6 Å². The van der Waals surface area contributed by atoms with E-state index in [0.717, 1.165) is 83.1 Å². The molecule has 7 heteroatoms. The Morgan fingerprint density at radius 1 is 0.700 bits per heavy atom. The largest absolute Gasteiger partial charge is 0.510 e. The van der Waals surface area contributed by atoms with E-state index in [-0.39, 0.29) is 21.1 Å². The van der Waals surface area contributed by atoms with Crippen molar-refractivity contribution in [2.24, 2.45) is 0 Å². The smallest absolute Gasteiger partial charge is 0.159 e. The van der Waals surface area contributed by atoms with Crippen LogP contribution in [0.1, 0.15) is 0 Å². The van der Waals surface area contributed by atoms with Crippen molar-refractivity contribution in [2.75, 3.05) is 16.8 Å².